The van der Waals surface area contributed by atoms with Crippen molar-refractivity contribution in [3.05, 3.63) is 94.8 Å². The van der Waals surface area contributed by atoms with Crippen LogP contribution in [0.15, 0.2) is 66.7 Å². The molecule has 36 heavy (non-hydrogen) atoms. The van der Waals surface area contributed by atoms with Crippen molar-refractivity contribution in [3.63, 3.8) is 0 Å². The fourth-order valence-corrected chi connectivity index (χ4v) is 5.23. The van der Waals surface area contributed by atoms with Crippen molar-refractivity contribution < 1.29 is 19.1 Å². The van der Waals surface area contributed by atoms with Crippen LogP contribution in [0.5, 0.6) is 0 Å². The topological polar surface area (TPSA) is 68.6 Å². The zero-order valence-electron chi connectivity index (χ0n) is 21.3. The lowest BCUT2D eigenvalue weighted by Gasteiger charge is -2.40. The van der Waals surface area contributed by atoms with Crippen LogP contribution >= 0.6 is 0 Å². The maximum Gasteiger partial charge on any atom is 0.317 e. The average Bonchev–Trinajstić information content (AvgIpc) is 3.19. The highest BCUT2D eigenvalue weighted by Crippen LogP contribution is 2.37. The molecule has 188 valence electrons. The molecule has 6 heteroatoms. The van der Waals surface area contributed by atoms with Crippen molar-refractivity contribution in [2.24, 2.45) is 0 Å². The van der Waals surface area contributed by atoms with Gasteiger partial charge in [0.15, 0.2) is 6.61 Å². The first-order valence-corrected chi connectivity index (χ1v) is 12.5. The van der Waals surface area contributed by atoms with E-state index in [1.165, 1.54) is 5.56 Å². The molecule has 0 aliphatic carbocycles. The van der Waals surface area contributed by atoms with Gasteiger partial charge in [-0.15, -0.1) is 0 Å². The third-order valence-electron chi connectivity index (χ3n) is 7.45. The Morgan fingerprint density at radius 1 is 0.917 bits per heavy atom. The molecule has 0 radical (unpaired) electrons. The van der Waals surface area contributed by atoms with E-state index in [1.807, 2.05) is 68.4 Å². The Hall–Kier alpha value is -3.67. The first-order valence-electron chi connectivity index (χ1n) is 12.5. The van der Waals surface area contributed by atoms with Crippen LogP contribution in [-0.4, -0.2) is 46.8 Å². The molecule has 0 unspecified atom stereocenters. The second-order valence-corrected chi connectivity index (χ2v) is 9.63. The zero-order valence-corrected chi connectivity index (χ0v) is 21.3. The number of amides is 1. The first-order chi connectivity index (χ1) is 17.3. The maximum atomic E-state index is 13.5. The minimum Gasteiger partial charge on any atom is -0.457 e. The molecular formula is C30H34N2O4. The normalized spacial score (nSPS) is 14.9. The molecule has 0 saturated carbocycles. The van der Waals surface area contributed by atoms with Gasteiger partial charge in [0, 0.05) is 43.5 Å². The Balaban J connectivity index is 1.45. The fourth-order valence-electron chi connectivity index (χ4n) is 5.23. The summed E-state index contributed by atoms with van der Waals surface area (Å²) in [6.45, 7) is 6.92. The molecule has 6 nitrogen and oxygen atoms in total. The number of carbonyl (C=O) groups excluding carboxylic acids is 3. The number of Topliss-reactive ketones (excluding diaryl/α,β-unsaturated/α-hetero) is 1. The van der Waals surface area contributed by atoms with Gasteiger partial charge in [-0.3, -0.25) is 14.4 Å². The summed E-state index contributed by atoms with van der Waals surface area (Å²) < 4.78 is 7.83. The number of hydrogen-bond acceptors (Lipinski definition) is 4. The molecule has 4 rings (SSSR count). The molecule has 1 aliphatic heterocycles. The number of likely N-dealkylation sites (tertiary alicyclic amines) is 1. The van der Waals surface area contributed by atoms with Gasteiger partial charge in [-0.25, -0.2) is 0 Å². The molecule has 1 saturated heterocycles. The van der Waals surface area contributed by atoms with Gasteiger partial charge in [0.2, 0.25) is 11.7 Å². The van der Waals surface area contributed by atoms with Gasteiger partial charge in [0.05, 0.1) is 5.41 Å². The van der Waals surface area contributed by atoms with E-state index in [9.17, 15) is 14.4 Å². The molecule has 1 amide bonds. The fraction of sp³-hybridized carbons (Fsp3) is 0.367. The second-order valence-electron chi connectivity index (χ2n) is 9.63. The average molecular weight is 487 g/mol. The predicted octanol–water partition coefficient (Wildman–Crippen LogP) is 4.65. The summed E-state index contributed by atoms with van der Waals surface area (Å²) in [6, 6.07) is 21.7. The number of nitrogens with zero attached hydrogens (tertiary/aromatic N) is 2. The van der Waals surface area contributed by atoms with Gasteiger partial charge in [-0.05, 0) is 50.3 Å². The molecule has 0 spiro atoms. The Morgan fingerprint density at radius 3 is 2.14 bits per heavy atom. The maximum absolute atomic E-state index is 13.5. The summed E-state index contributed by atoms with van der Waals surface area (Å²) in [6.07, 6.45) is 1.81. The number of ketones is 1. The second kappa shape index (κ2) is 10.9. The van der Waals surface area contributed by atoms with Gasteiger partial charge >= 0.3 is 5.97 Å². The van der Waals surface area contributed by atoms with Gasteiger partial charge in [0.1, 0.15) is 0 Å². The lowest BCUT2D eigenvalue weighted by atomic mass is 9.72. The van der Waals surface area contributed by atoms with E-state index in [-0.39, 0.29) is 18.3 Å². The Kier molecular flexibility index (Phi) is 7.73. The number of carbonyl (C=O) groups is 3. The minimum atomic E-state index is -0.861. The smallest absolute Gasteiger partial charge is 0.317 e. The number of rotatable bonds is 8. The first kappa shape index (κ1) is 25.4. The van der Waals surface area contributed by atoms with Crippen LogP contribution < -0.4 is 0 Å². The highest BCUT2D eigenvalue weighted by Gasteiger charge is 2.45. The number of ether oxygens (including phenoxy) is 1. The monoisotopic (exact) mass is 486 g/mol. The lowest BCUT2D eigenvalue weighted by molar-refractivity contribution is -0.153. The Labute approximate surface area is 212 Å². The quantitative estimate of drug-likeness (QED) is 0.343. The van der Waals surface area contributed by atoms with Crippen molar-refractivity contribution >= 4 is 17.7 Å². The number of aryl methyl sites for hydroxylation is 2. The van der Waals surface area contributed by atoms with Crippen molar-refractivity contribution in [1.82, 2.24) is 9.47 Å². The zero-order chi connectivity index (χ0) is 25.7. The van der Waals surface area contributed by atoms with Gasteiger partial charge in [-0.1, -0.05) is 60.7 Å². The standard InChI is InChI=1S/C30H34N2O4/c1-22-20-27(23(2)32(22)17-14-25-10-6-4-7-11-25)28(34)21-36-29(35)30(26-12-8-5-9-13-26)15-18-31(19-16-30)24(3)33/h4-13,20H,14-19,21H2,1-3H3. The number of hydrogen-bond donors (Lipinski definition) is 0. The molecule has 2 heterocycles. The van der Waals surface area contributed by atoms with Crippen molar-refractivity contribution in [2.75, 3.05) is 19.7 Å². The summed E-state index contributed by atoms with van der Waals surface area (Å²) in [4.78, 5) is 40.2. The molecule has 3 aromatic rings. The number of aromatic nitrogens is 1. The molecule has 0 atom stereocenters. The largest absolute Gasteiger partial charge is 0.457 e. The lowest BCUT2D eigenvalue weighted by Crippen LogP contribution is -2.49. The molecule has 1 aliphatic rings. The number of benzene rings is 2. The van der Waals surface area contributed by atoms with Gasteiger partial charge < -0.3 is 14.2 Å². The predicted molar refractivity (Wildman–Crippen MR) is 139 cm³/mol. The number of piperidine rings is 1. The van der Waals surface area contributed by atoms with Gasteiger partial charge in [-0.2, -0.15) is 0 Å². The van der Waals surface area contributed by atoms with E-state index in [0.717, 1.165) is 29.9 Å². The van der Waals surface area contributed by atoms with E-state index in [0.29, 0.717) is 31.5 Å². The summed E-state index contributed by atoms with van der Waals surface area (Å²) in [5, 5.41) is 0. The Morgan fingerprint density at radius 2 is 1.53 bits per heavy atom. The highest BCUT2D eigenvalue weighted by atomic mass is 16.5. The van der Waals surface area contributed by atoms with E-state index in [2.05, 4.69) is 16.7 Å². The van der Waals surface area contributed by atoms with Crippen LogP contribution in [0.25, 0.3) is 0 Å². The van der Waals surface area contributed by atoms with Crippen LogP contribution in [0.4, 0.5) is 0 Å². The SMILES string of the molecule is CC(=O)N1CCC(C(=O)OCC(=O)c2cc(C)n(CCc3ccccc3)c2C)(c2ccccc2)CC1. The van der Waals surface area contributed by atoms with Crippen LogP contribution in [0.3, 0.4) is 0 Å². The summed E-state index contributed by atoms with van der Waals surface area (Å²) >= 11 is 0. The van der Waals surface area contributed by atoms with E-state index < -0.39 is 11.4 Å². The third-order valence-corrected chi connectivity index (χ3v) is 7.45. The highest BCUT2D eigenvalue weighted by molar-refractivity contribution is 5.99. The summed E-state index contributed by atoms with van der Waals surface area (Å²) in [5.74, 6) is -0.599. The van der Waals surface area contributed by atoms with E-state index >= 15 is 0 Å². The van der Waals surface area contributed by atoms with Crippen LogP contribution in [0, 0.1) is 13.8 Å². The van der Waals surface area contributed by atoms with Gasteiger partial charge in [0.25, 0.3) is 0 Å². The minimum absolute atomic E-state index is 0.00262. The Bertz CT molecular complexity index is 1220. The van der Waals surface area contributed by atoms with Crippen LogP contribution in [0.2, 0.25) is 0 Å². The van der Waals surface area contributed by atoms with Crippen LogP contribution in [0.1, 0.15) is 52.6 Å². The van der Waals surface area contributed by atoms with Crippen molar-refractivity contribution in [3.8, 4) is 0 Å². The molecular weight excluding hydrogens is 452 g/mol. The molecule has 1 fully saturated rings. The summed E-state index contributed by atoms with van der Waals surface area (Å²) in [7, 11) is 0. The molecule has 2 aromatic carbocycles. The van der Waals surface area contributed by atoms with E-state index in [1.54, 1.807) is 11.8 Å². The van der Waals surface area contributed by atoms with Crippen molar-refractivity contribution in [1.29, 1.82) is 0 Å². The summed E-state index contributed by atoms with van der Waals surface area (Å²) in [5.41, 5.74) is 3.74. The molecule has 1 aromatic heterocycles. The van der Waals surface area contributed by atoms with Crippen molar-refractivity contribution in [2.45, 2.75) is 52.0 Å². The van der Waals surface area contributed by atoms with E-state index in [4.69, 9.17) is 4.74 Å². The number of esters is 1. The van der Waals surface area contributed by atoms with Crippen LogP contribution in [-0.2, 0) is 32.7 Å². The third kappa shape index (κ3) is 5.27. The molecule has 0 N–H and O–H groups in total. The molecule has 0 bridgehead atoms.